The standard InChI is InChI=1S/C17H21NO4/c1-4-11-18(2)17(21)10-8-14(19)7-5-13-6-9-16(22-3)15(20)12-13/h5-10,12,20H,4,11H2,1-3H3/b7-5+,10-8+. The molecule has 1 N–H and O–H groups in total. The lowest BCUT2D eigenvalue weighted by molar-refractivity contribution is -0.125. The molecule has 1 amide bonds. The van der Waals surface area contributed by atoms with Crippen LogP contribution in [-0.4, -0.2) is 42.4 Å². The number of benzene rings is 1. The van der Waals surface area contributed by atoms with E-state index in [1.54, 1.807) is 30.2 Å². The normalized spacial score (nSPS) is 11.0. The molecule has 1 aromatic rings. The van der Waals surface area contributed by atoms with Crippen molar-refractivity contribution in [2.45, 2.75) is 13.3 Å². The summed E-state index contributed by atoms with van der Waals surface area (Å²) in [6, 6.07) is 4.82. The van der Waals surface area contributed by atoms with Gasteiger partial charge in [0.25, 0.3) is 0 Å². The number of hydrogen-bond donors (Lipinski definition) is 1. The number of ether oxygens (including phenoxy) is 1. The molecule has 5 nitrogen and oxygen atoms in total. The molecule has 0 fully saturated rings. The van der Waals surface area contributed by atoms with Crippen molar-refractivity contribution in [3.8, 4) is 11.5 Å². The van der Waals surface area contributed by atoms with Crippen molar-refractivity contribution in [2.75, 3.05) is 20.7 Å². The lowest BCUT2D eigenvalue weighted by Crippen LogP contribution is -2.25. The van der Waals surface area contributed by atoms with Crippen LogP contribution in [0.1, 0.15) is 18.9 Å². The molecule has 0 aliphatic heterocycles. The van der Waals surface area contributed by atoms with Gasteiger partial charge >= 0.3 is 0 Å². The topological polar surface area (TPSA) is 66.8 Å². The molecule has 0 radical (unpaired) electrons. The summed E-state index contributed by atoms with van der Waals surface area (Å²) in [4.78, 5) is 24.9. The monoisotopic (exact) mass is 303 g/mol. The number of rotatable bonds is 7. The second-order valence-corrected chi connectivity index (χ2v) is 4.76. The number of carbonyl (C=O) groups is 2. The number of carbonyl (C=O) groups excluding carboxylic acids is 2. The van der Waals surface area contributed by atoms with Crippen molar-refractivity contribution in [3.05, 3.63) is 42.0 Å². The molecule has 0 spiro atoms. The lowest BCUT2D eigenvalue weighted by atomic mass is 10.1. The van der Waals surface area contributed by atoms with E-state index in [1.165, 1.54) is 31.4 Å². The van der Waals surface area contributed by atoms with Gasteiger partial charge in [-0.05, 0) is 36.3 Å². The molecule has 0 aromatic heterocycles. The molecule has 1 aromatic carbocycles. The van der Waals surface area contributed by atoms with Crippen molar-refractivity contribution >= 4 is 17.8 Å². The first-order chi connectivity index (χ1) is 10.5. The van der Waals surface area contributed by atoms with Gasteiger partial charge in [-0.15, -0.1) is 0 Å². The summed E-state index contributed by atoms with van der Waals surface area (Å²) in [5.41, 5.74) is 0.662. The van der Waals surface area contributed by atoms with Gasteiger partial charge in [0, 0.05) is 19.7 Å². The number of phenolic OH excluding ortho intramolecular Hbond substituents is 1. The third-order valence-electron chi connectivity index (χ3n) is 2.97. The van der Waals surface area contributed by atoms with Crippen LogP contribution >= 0.6 is 0 Å². The molecule has 0 aliphatic carbocycles. The molecule has 22 heavy (non-hydrogen) atoms. The first kappa shape index (κ1) is 17.5. The molecular weight excluding hydrogens is 282 g/mol. The third kappa shape index (κ3) is 5.44. The van der Waals surface area contributed by atoms with E-state index in [9.17, 15) is 14.7 Å². The van der Waals surface area contributed by atoms with Crippen LogP contribution in [0.5, 0.6) is 11.5 Å². The van der Waals surface area contributed by atoms with E-state index in [1.807, 2.05) is 6.92 Å². The maximum atomic E-state index is 11.7. The smallest absolute Gasteiger partial charge is 0.246 e. The number of amides is 1. The van der Waals surface area contributed by atoms with Crippen molar-refractivity contribution in [3.63, 3.8) is 0 Å². The van der Waals surface area contributed by atoms with Gasteiger partial charge in [-0.2, -0.15) is 0 Å². The van der Waals surface area contributed by atoms with Gasteiger partial charge in [-0.3, -0.25) is 9.59 Å². The van der Waals surface area contributed by atoms with Gasteiger partial charge in [0.05, 0.1) is 7.11 Å². The highest BCUT2D eigenvalue weighted by Gasteiger charge is 2.03. The fraction of sp³-hybridized carbons (Fsp3) is 0.294. The first-order valence-electron chi connectivity index (χ1n) is 7.00. The largest absolute Gasteiger partial charge is 0.504 e. The molecule has 0 aliphatic rings. The van der Waals surface area contributed by atoms with E-state index in [4.69, 9.17) is 4.74 Å². The Morgan fingerprint density at radius 1 is 1.27 bits per heavy atom. The molecule has 0 heterocycles. The summed E-state index contributed by atoms with van der Waals surface area (Å²) < 4.78 is 4.94. The van der Waals surface area contributed by atoms with Crippen LogP contribution in [0.4, 0.5) is 0 Å². The highest BCUT2D eigenvalue weighted by molar-refractivity contribution is 6.05. The third-order valence-corrected chi connectivity index (χ3v) is 2.97. The summed E-state index contributed by atoms with van der Waals surface area (Å²) in [6.45, 7) is 2.63. The minimum Gasteiger partial charge on any atom is -0.504 e. The molecule has 0 unspecified atom stereocenters. The van der Waals surface area contributed by atoms with E-state index >= 15 is 0 Å². The van der Waals surface area contributed by atoms with Crippen molar-refractivity contribution < 1.29 is 19.4 Å². The van der Waals surface area contributed by atoms with Crippen LogP contribution in [0, 0.1) is 0 Å². The number of likely N-dealkylation sites (N-methyl/N-ethyl adjacent to an activating group) is 1. The number of hydrogen-bond acceptors (Lipinski definition) is 4. The molecule has 0 atom stereocenters. The minimum atomic E-state index is -0.298. The van der Waals surface area contributed by atoms with E-state index in [2.05, 4.69) is 0 Å². The Kier molecular flexibility index (Phi) is 6.89. The second-order valence-electron chi connectivity index (χ2n) is 4.76. The van der Waals surface area contributed by atoms with Gasteiger partial charge < -0.3 is 14.7 Å². The summed E-state index contributed by atoms with van der Waals surface area (Å²) >= 11 is 0. The Bertz CT molecular complexity index is 590. The second kappa shape index (κ2) is 8.67. The van der Waals surface area contributed by atoms with Crippen LogP contribution in [-0.2, 0) is 9.59 Å². The number of aromatic hydroxyl groups is 1. The molecule has 0 bridgehead atoms. The molecule has 0 saturated carbocycles. The number of methoxy groups -OCH3 is 1. The number of allylic oxidation sites excluding steroid dienone is 2. The molecule has 1 rings (SSSR count). The number of phenols is 1. The average Bonchev–Trinajstić information content (AvgIpc) is 2.50. The molecule has 118 valence electrons. The van der Waals surface area contributed by atoms with E-state index in [0.717, 1.165) is 6.42 Å². The van der Waals surface area contributed by atoms with Crippen molar-refractivity contribution in [1.82, 2.24) is 4.90 Å². The zero-order valence-electron chi connectivity index (χ0n) is 13.1. The van der Waals surface area contributed by atoms with Gasteiger partial charge in [0.15, 0.2) is 17.3 Å². The Hall–Kier alpha value is -2.56. The van der Waals surface area contributed by atoms with Gasteiger partial charge in [-0.25, -0.2) is 0 Å². The Balaban J connectivity index is 2.64. The van der Waals surface area contributed by atoms with Gasteiger partial charge in [0.2, 0.25) is 5.91 Å². The summed E-state index contributed by atoms with van der Waals surface area (Å²) in [6.07, 6.45) is 6.25. The average molecular weight is 303 g/mol. The minimum absolute atomic E-state index is 0.00371. The van der Waals surface area contributed by atoms with Crippen molar-refractivity contribution in [2.24, 2.45) is 0 Å². The van der Waals surface area contributed by atoms with E-state index < -0.39 is 0 Å². The van der Waals surface area contributed by atoms with E-state index in [-0.39, 0.29) is 17.4 Å². The fourth-order valence-corrected chi connectivity index (χ4v) is 1.77. The maximum absolute atomic E-state index is 11.7. The molecule has 0 saturated heterocycles. The highest BCUT2D eigenvalue weighted by atomic mass is 16.5. The Labute approximate surface area is 130 Å². The van der Waals surface area contributed by atoms with Crippen LogP contribution in [0.2, 0.25) is 0 Å². The molecular formula is C17H21NO4. The summed E-state index contributed by atoms with van der Waals surface area (Å²) in [5.74, 6) is -0.129. The lowest BCUT2D eigenvalue weighted by Gasteiger charge is -2.12. The zero-order valence-corrected chi connectivity index (χ0v) is 13.1. The van der Waals surface area contributed by atoms with Gasteiger partial charge in [0.1, 0.15) is 0 Å². The SMILES string of the molecule is CCCN(C)C(=O)/C=C/C(=O)/C=C/c1ccc(OC)c(O)c1. The van der Waals surface area contributed by atoms with Crippen molar-refractivity contribution in [1.29, 1.82) is 0 Å². The number of nitrogens with zero attached hydrogens (tertiary/aromatic N) is 1. The van der Waals surface area contributed by atoms with E-state index in [0.29, 0.717) is 17.9 Å². The van der Waals surface area contributed by atoms with Crippen LogP contribution in [0.15, 0.2) is 36.4 Å². The summed E-state index contributed by atoms with van der Waals surface area (Å²) in [5, 5.41) is 9.64. The Morgan fingerprint density at radius 3 is 2.59 bits per heavy atom. The Morgan fingerprint density at radius 2 is 2.00 bits per heavy atom. The number of ketones is 1. The van der Waals surface area contributed by atoms with Crippen LogP contribution in [0.25, 0.3) is 6.08 Å². The summed E-state index contributed by atoms with van der Waals surface area (Å²) in [7, 11) is 3.15. The zero-order chi connectivity index (χ0) is 16.5. The van der Waals surface area contributed by atoms with Crippen LogP contribution in [0.3, 0.4) is 0 Å². The predicted molar refractivity (Wildman–Crippen MR) is 85.8 cm³/mol. The fourth-order valence-electron chi connectivity index (χ4n) is 1.77. The highest BCUT2D eigenvalue weighted by Crippen LogP contribution is 2.26. The van der Waals surface area contributed by atoms with Gasteiger partial charge in [-0.1, -0.05) is 19.1 Å². The first-order valence-corrected chi connectivity index (χ1v) is 7.00. The van der Waals surface area contributed by atoms with Crippen LogP contribution < -0.4 is 4.74 Å². The molecule has 5 heteroatoms. The maximum Gasteiger partial charge on any atom is 0.246 e. The quantitative estimate of drug-likeness (QED) is 0.786. The predicted octanol–water partition coefficient (Wildman–Crippen LogP) is 2.41.